The second-order valence-corrected chi connectivity index (χ2v) is 2.50. The third-order valence-electron chi connectivity index (χ3n) is 1.18. The van der Waals surface area contributed by atoms with Gasteiger partial charge in [0.15, 0.2) is 5.06 Å². The minimum absolute atomic E-state index is 0.828. The lowest BCUT2D eigenvalue weighted by molar-refractivity contribution is 0.365. The van der Waals surface area contributed by atoms with Crippen LogP contribution in [0.15, 0.2) is 5.51 Å². The maximum atomic E-state index is 5.19. The molecule has 0 spiro atoms. The van der Waals surface area contributed by atoms with E-state index in [2.05, 4.69) is 4.98 Å². The Morgan fingerprint density at radius 3 is 3.62 bits per heavy atom. The van der Waals surface area contributed by atoms with Crippen LogP contribution in [-0.4, -0.2) is 11.6 Å². The Morgan fingerprint density at radius 1 is 1.75 bits per heavy atom. The van der Waals surface area contributed by atoms with Gasteiger partial charge in [-0.25, -0.2) is 4.98 Å². The lowest BCUT2D eigenvalue weighted by Gasteiger charge is -1.85. The number of nitrogens with zero attached hydrogens (tertiary/aromatic N) is 1. The van der Waals surface area contributed by atoms with Crippen LogP contribution in [0, 0.1) is 0 Å². The number of fused-ring (bicyclic) bond motifs is 1. The first-order valence-electron chi connectivity index (χ1n) is 2.52. The molecule has 3 heteroatoms. The zero-order chi connectivity index (χ0) is 5.40. The summed E-state index contributed by atoms with van der Waals surface area (Å²) in [7, 11) is 0. The predicted octanol–water partition coefficient (Wildman–Crippen LogP) is 1.08. The molecule has 0 aliphatic carbocycles. The summed E-state index contributed by atoms with van der Waals surface area (Å²) in [6.45, 7) is 0.828. The molecule has 2 nitrogen and oxygen atoms in total. The van der Waals surface area contributed by atoms with Gasteiger partial charge in [0, 0.05) is 6.42 Å². The highest BCUT2D eigenvalue weighted by Gasteiger charge is 2.13. The van der Waals surface area contributed by atoms with Gasteiger partial charge < -0.3 is 4.74 Å². The lowest BCUT2D eigenvalue weighted by atomic mass is 10.4. The van der Waals surface area contributed by atoms with Crippen LogP contribution < -0.4 is 4.74 Å². The van der Waals surface area contributed by atoms with Gasteiger partial charge in [0.25, 0.3) is 0 Å². The third kappa shape index (κ3) is 0.448. The SMILES string of the molecule is c1nc2c(s1)OCC2. The largest absolute Gasteiger partial charge is 0.482 e. The number of aromatic nitrogens is 1. The minimum Gasteiger partial charge on any atom is -0.482 e. The highest BCUT2D eigenvalue weighted by atomic mass is 32.1. The van der Waals surface area contributed by atoms with E-state index in [0.29, 0.717) is 0 Å². The van der Waals surface area contributed by atoms with Gasteiger partial charge in [0.05, 0.1) is 17.8 Å². The fraction of sp³-hybridized carbons (Fsp3) is 0.400. The number of rotatable bonds is 0. The minimum atomic E-state index is 0.828. The van der Waals surface area contributed by atoms with Crippen LogP contribution in [0.2, 0.25) is 0 Å². The van der Waals surface area contributed by atoms with E-state index in [4.69, 9.17) is 4.74 Å². The molecule has 42 valence electrons. The molecule has 1 aliphatic rings. The van der Waals surface area contributed by atoms with Crippen molar-refractivity contribution in [3.05, 3.63) is 11.2 Å². The maximum absolute atomic E-state index is 5.19. The Hall–Kier alpha value is -0.570. The Kier molecular flexibility index (Phi) is 0.784. The van der Waals surface area contributed by atoms with Crippen molar-refractivity contribution in [2.45, 2.75) is 6.42 Å². The van der Waals surface area contributed by atoms with Crippen LogP contribution in [0.1, 0.15) is 5.69 Å². The fourth-order valence-electron chi connectivity index (χ4n) is 0.783. The van der Waals surface area contributed by atoms with Gasteiger partial charge >= 0.3 is 0 Å². The molecular formula is C5H5NOS. The number of thiazole rings is 1. The molecule has 0 unspecified atom stereocenters. The molecule has 2 rings (SSSR count). The summed E-state index contributed by atoms with van der Waals surface area (Å²) in [6, 6.07) is 0. The quantitative estimate of drug-likeness (QED) is 0.520. The van der Waals surface area contributed by atoms with Gasteiger partial charge in [-0.15, -0.1) is 0 Å². The second-order valence-electron chi connectivity index (χ2n) is 1.68. The smallest absolute Gasteiger partial charge is 0.197 e. The average Bonchev–Trinajstić information content (AvgIpc) is 2.15. The molecule has 2 heterocycles. The number of hydrogen-bond acceptors (Lipinski definition) is 3. The van der Waals surface area contributed by atoms with E-state index in [1.165, 1.54) is 0 Å². The van der Waals surface area contributed by atoms with E-state index in [-0.39, 0.29) is 0 Å². The summed E-state index contributed by atoms with van der Waals surface area (Å²) in [5, 5.41) is 1.02. The first-order chi connectivity index (χ1) is 3.97. The Bertz CT molecular complexity index is 178. The molecule has 0 aromatic carbocycles. The van der Waals surface area contributed by atoms with Crippen molar-refractivity contribution in [3.63, 3.8) is 0 Å². The van der Waals surface area contributed by atoms with E-state index in [1.807, 2.05) is 5.51 Å². The number of ether oxygens (including phenoxy) is 1. The molecule has 0 fully saturated rings. The number of hydrogen-bond donors (Lipinski definition) is 0. The van der Waals surface area contributed by atoms with Crippen molar-refractivity contribution < 1.29 is 4.74 Å². The van der Waals surface area contributed by atoms with E-state index < -0.39 is 0 Å². The third-order valence-corrected chi connectivity index (χ3v) is 1.95. The standard InChI is InChI=1S/C5H5NOS/c1-2-7-5-4(1)6-3-8-5/h3H,1-2H2. The van der Waals surface area contributed by atoms with Crippen molar-refractivity contribution in [2.24, 2.45) is 0 Å². The molecular weight excluding hydrogens is 122 g/mol. The van der Waals surface area contributed by atoms with Crippen molar-refractivity contribution in [3.8, 4) is 5.06 Å². The zero-order valence-corrected chi connectivity index (χ0v) is 5.07. The Morgan fingerprint density at radius 2 is 2.75 bits per heavy atom. The summed E-state index contributed by atoms with van der Waals surface area (Å²) in [5.41, 5.74) is 2.96. The summed E-state index contributed by atoms with van der Waals surface area (Å²) >= 11 is 1.58. The van der Waals surface area contributed by atoms with Crippen molar-refractivity contribution in [1.82, 2.24) is 4.98 Å². The van der Waals surface area contributed by atoms with Crippen LogP contribution >= 0.6 is 11.3 Å². The first-order valence-corrected chi connectivity index (χ1v) is 3.40. The molecule has 0 bridgehead atoms. The lowest BCUT2D eigenvalue weighted by Crippen LogP contribution is -1.86. The fourth-order valence-corrected chi connectivity index (χ4v) is 1.50. The maximum Gasteiger partial charge on any atom is 0.197 e. The second kappa shape index (κ2) is 1.45. The van der Waals surface area contributed by atoms with Crippen molar-refractivity contribution in [2.75, 3.05) is 6.61 Å². The van der Waals surface area contributed by atoms with Gasteiger partial charge in [0.2, 0.25) is 0 Å². The van der Waals surface area contributed by atoms with Crippen LogP contribution in [0.3, 0.4) is 0 Å². The van der Waals surface area contributed by atoms with Crippen molar-refractivity contribution >= 4 is 11.3 Å². The molecule has 8 heavy (non-hydrogen) atoms. The molecule has 0 amide bonds. The molecule has 0 saturated heterocycles. The summed E-state index contributed by atoms with van der Waals surface area (Å²) in [6.07, 6.45) is 0.999. The highest BCUT2D eigenvalue weighted by Crippen LogP contribution is 2.27. The van der Waals surface area contributed by atoms with Crippen molar-refractivity contribution in [1.29, 1.82) is 0 Å². The van der Waals surface area contributed by atoms with Gasteiger partial charge in [-0.2, -0.15) is 0 Å². The summed E-state index contributed by atoms with van der Waals surface area (Å²) in [4.78, 5) is 4.09. The Balaban J connectivity index is 2.54. The van der Waals surface area contributed by atoms with Gasteiger partial charge in [0.1, 0.15) is 0 Å². The molecule has 1 aliphatic heterocycles. The van der Waals surface area contributed by atoms with Crippen LogP contribution in [-0.2, 0) is 6.42 Å². The van der Waals surface area contributed by atoms with E-state index in [9.17, 15) is 0 Å². The molecule has 0 radical (unpaired) electrons. The molecule has 1 aromatic heterocycles. The molecule has 0 atom stereocenters. The molecule has 0 N–H and O–H groups in total. The van der Waals surface area contributed by atoms with E-state index in [0.717, 1.165) is 23.8 Å². The summed E-state index contributed by atoms with van der Waals surface area (Å²) < 4.78 is 5.19. The van der Waals surface area contributed by atoms with Crippen LogP contribution in [0.4, 0.5) is 0 Å². The van der Waals surface area contributed by atoms with Gasteiger partial charge in [-0.3, -0.25) is 0 Å². The topological polar surface area (TPSA) is 22.1 Å². The first kappa shape index (κ1) is 4.32. The highest BCUT2D eigenvalue weighted by molar-refractivity contribution is 7.11. The van der Waals surface area contributed by atoms with E-state index in [1.54, 1.807) is 11.3 Å². The average molecular weight is 127 g/mol. The van der Waals surface area contributed by atoms with Crippen LogP contribution in [0.5, 0.6) is 5.06 Å². The van der Waals surface area contributed by atoms with Gasteiger partial charge in [-0.1, -0.05) is 11.3 Å². The normalized spacial score (nSPS) is 15.5. The molecule has 0 saturated carbocycles. The Labute approximate surface area is 51.1 Å². The molecule has 1 aromatic rings. The summed E-state index contributed by atoms with van der Waals surface area (Å²) in [5.74, 6) is 0. The van der Waals surface area contributed by atoms with E-state index >= 15 is 0 Å². The van der Waals surface area contributed by atoms with Crippen LogP contribution in [0.25, 0.3) is 0 Å². The van der Waals surface area contributed by atoms with Gasteiger partial charge in [-0.05, 0) is 0 Å². The monoisotopic (exact) mass is 127 g/mol. The zero-order valence-electron chi connectivity index (χ0n) is 4.26. The predicted molar refractivity (Wildman–Crippen MR) is 31.3 cm³/mol.